The Morgan fingerprint density at radius 2 is 1.45 bits per heavy atom. The molecule has 0 spiro atoms. The Morgan fingerprint density at radius 1 is 0.788 bits per heavy atom. The third kappa shape index (κ3) is 2.87. The molecule has 5 aliphatic rings. The number of aliphatic hydroxyl groups is 1. The fourth-order valence-corrected chi connectivity index (χ4v) is 10.7. The first-order chi connectivity index (χ1) is 15.1. The molecule has 0 radical (unpaired) electrons. The van der Waals surface area contributed by atoms with Crippen LogP contribution in [0.15, 0.2) is 11.6 Å². The number of fused-ring (bicyclic) bond motifs is 7. The van der Waals surface area contributed by atoms with Gasteiger partial charge in [-0.3, -0.25) is 4.79 Å². The number of carboxylic acids is 1. The molecule has 2 N–H and O–H groups in total. The number of aliphatic carboxylic acids is 1. The Kier molecular flexibility index (Phi) is 4.99. The van der Waals surface area contributed by atoms with E-state index >= 15 is 0 Å². The minimum Gasteiger partial charge on any atom is -0.481 e. The predicted octanol–water partition coefficient (Wildman–Crippen LogP) is 7.23. The van der Waals surface area contributed by atoms with E-state index in [2.05, 4.69) is 54.5 Å². The van der Waals surface area contributed by atoms with E-state index in [1.165, 1.54) is 24.8 Å². The summed E-state index contributed by atoms with van der Waals surface area (Å²) in [6.45, 7) is 16.9. The SMILES string of the molecule is CC1(C)C=C2[C@@H]3CC[C@@H]4[C@]5(C)CC[C@@H](O)C(C)(C)[C@H]5CC[C@@]4(C)[C@@]3(C)CC[C@@]2(C(=O)O)CC1. The molecule has 8 atom stereocenters. The van der Waals surface area contributed by atoms with Crippen molar-refractivity contribution in [3.63, 3.8) is 0 Å². The number of aliphatic hydroxyl groups excluding tert-OH is 1. The van der Waals surface area contributed by atoms with Gasteiger partial charge in [0.15, 0.2) is 0 Å². The first-order valence-corrected chi connectivity index (χ1v) is 13.8. The van der Waals surface area contributed by atoms with E-state index in [1.54, 1.807) is 0 Å². The van der Waals surface area contributed by atoms with Gasteiger partial charge in [-0.05, 0) is 109 Å². The summed E-state index contributed by atoms with van der Waals surface area (Å²) < 4.78 is 0. The van der Waals surface area contributed by atoms with Crippen LogP contribution in [0.2, 0.25) is 0 Å². The van der Waals surface area contributed by atoms with Crippen molar-refractivity contribution in [2.75, 3.05) is 0 Å². The highest BCUT2D eigenvalue weighted by Crippen LogP contribution is 2.76. The average molecular weight is 457 g/mol. The van der Waals surface area contributed by atoms with Crippen LogP contribution in [0.5, 0.6) is 0 Å². The summed E-state index contributed by atoms with van der Waals surface area (Å²) in [5, 5.41) is 21.4. The molecule has 0 saturated heterocycles. The van der Waals surface area contributed by atoms with Crippen LogP contribution < -0.4 is 0 Å². The Bertz CT molecular complexity index is 885. The average Bonchev–Trinajstić information content (AvgIpc) is 2.71. The van der Waals surface area contributed by atoms with Crippen molar-refractivity contribution in [3.05, 3.63) is 11.6 Å². The van der Waals surface area contributed by atoms with Gasteiger partial charge >= 0.3 is 5.97 Å². The zero-order valence-corrected chi connectivity index (χ0v) is 22.3. The van der Waals surface area contributed by atoms with Crippen LogP contribution in [0.3, 0.4) is 0 Å². The Labute approximate surface area is 201 Å². The zero-order chi connectivity index (χ0) is 24.2. The predicted molar refractivity (Wildman–Crippen MR) is 133 cm³/mol. The van der Waals surface area contributed by atoms with Gasteiger partial charge in [0.25, 0.3) is 0 Å². The van der Waals surface area contributed by atoms with E-state index in [0.29, 0.717) is 17.8 Å². The normalized spacial score (nSPS) is 52.4. The molecule has 3 heteroatoms. The van der Waals surface area contributed by atoms with Crippen LogP contribution in [0.1, 0.15) is 113 Å². The fourth-order valence-electron chi connectivity index (χ4n) is 10.7. The lowest BCUT2D eigenvalue weighted by molar-refractivity contribution is -0.229. The highest BCUT2D eigenvalue weighted by Gasteiger charge is 2.69. The van der Waals surface area contributed by atoms with Crippen molar-refractivity contribution < 1.29 is 15.0 Å². The van der Waals surface area contributed by atoms with E-state index < -0.39 is 11.4 Å². The summed E-state index contributed by atoms with van der Waals surface area (Å²) in [5.74, 6) is 1.05. The minimum atomic E-state index is -0.624. The molecule has 3 nitrogen and oxygen atoms in total. The third-order valence-corrected chi connectivity index (χ3v) is 13.0. The van der Waals surface area contributed by atoms with Crippen LogP contribution in [-0.2, 0) is 4.79 Å². The van der Waals surface area contributed by atoms with Gasteiger partial charge in [-0.25, -0.2) is 0 Å². The van der Waals surface area contributed by atoms with Gasteiger partial charge in [-0.2, -0.15) is 0 Å². The Balaban J connectivity index is 1.58. The van der Waals surface area contributed by atoms with E-state index in [4.69, 9.17) is 0 Å². The van der Waals surface area contributed by atoms with Crippen molar-refractivity contribution in [2.24, 2.45) is 50.2 Å². The molecule has 5 aliphatic carbocycles. The van der Waals surface area contributed by atoms with E-state index in [1.807, 2.05) is 0 Å². The fraction of sp³-hybridized carbons (Fsp3) is 0.900. The standard InChI is InChI=1S/C30H48O3/c1-25(2)14-16-30(24(32)33)17-15-28(6)19(20(30)18-25)8-9-22-27(5)12-11-23(31)26(3,4)21(27)10-13-29(22,28)7/h18-19,21-23,31H,8-17H2,1-7H3,(H,32,33)/t19-,21+,22+,23+,27+,28-,29+,30-/m0/s1. The molecule has 0 aliphatic heterocycles. The minimum absolute atomic E-state index is 0.0208. The molecule has 0 bridgehead atoms. The largest absolute Gasteiger partial charge is 0.481 e. The molecule has 33 heavy (non-hydrogen) atoms. The number of carbonyl (C=O) groups is 1. The van der Waals surface area contributed by atoms with Gasteiger partial charge in [-0.1, -0.05) is 60.1 Å². The van der Waals surface area contributed by atoms with Crippen molar-refractivity contribution in [3.8, 4) is 0 Å². The molecule has 0 aromatic heterocycles. The molecule has 5 rings (SSSR count). The van der Waals surface area contributed by atoms with Crippen molar-refractivity contribution >= 4 is 5.97 Å². The van der Waals surface area contributed by atoms with Crippen LogP contribution in [0.25, 0.3) is 0 Å². The van der Waals surface area contributed by atoms with Gasteiger partial charge in [0.2, 0.25) is 0 Å². The second-order valence-corrected chi connectivity index (χ2v) is 15.0. The number of hydrogen-bond donors (Lipinski definition) is 2. The van der Waals surface area contributed by atoms with Crippen LogP contribution in [-0.4, -0.2) is 22.3 Å². The van der Waals surface area contributed by atoms with Crippen LogP contribution in [0.4, 0.5) is 0 Å². The topological polar surface area (TPSA) is 57.5 Å². The second-order valence-electron chi connectivity index (χ2n) is 15.0. The molecule has 0 heterocycles. The van der Waals surface area contributed by atoms with Crippen LogP contribution >= 0.6 is 0 Å². The monoisotopic (exact) mass is 456 g/mol. The molecule has 0 aromatic rings. The Hall–Kier alpha value is -0.830. The summed E-state index contributed by atoms with van der Waals surface area (Å²) >= 11 is 0. The summed E-state index contributed by atoms with van der Waals surface area (Å²) in [7, 11) is 0. The van der Waals surface area contributed by atoms with Gasteiger partial charge in [-0.15, -0.1) is 0 Å². The molecular formula is C30H48O3. The maximum absolute atomic E-state index is 12.7. The maximum atomic E-state index is 12.7. The van der Waals surface area contributed by atoms with Gasteiger partial charge in [0.05, 0.1) is 11.5 Å². The highest BCUT2D eigenvalue weighted by atomic mass is 16.4. The molecule has 4 saturated carbocycles. The van der Waals surface area contributed by atoms with Gasteiger partial charge < -0.3 is 10.2 Å². The molecule has 186 valence electrons. The van der Waals surface area contributed by atoms with E-state index in [-0.39, 0.29) is 33.2 Å². The summed E-state index contributed by atoms with van der Waals surface area (Å²) in [6.07, 6.45) is 12.7. The third-order valence-electron chi connectivity index (χ3n) is 13.0. The van der Waals surface area contributed by atoms with E-state index in [9.17, 15) is 15.0 Å². The number of carboxylic acid groups (broad SMARTS) is 1. The molecule has 0 unspecified atom stereocenters. The molecule has 0 aromatic carbocycles. The van der Waals surface area contributed by atoms with E-state index in [0.717, 1.165) is 44.9 Å². The lowest BCUT2D eigenvalue weighted by Crippen LogP contribution is -2.66. The molecular weight excluding hydrogens is 408 g/mol. The highest BCUT2D eigenvalue weighted by molar-refractivity contribution is 5.80. The number of rotatable bonds is 1. The maximum Gasteiger partial charge on any atom is 0.313 e. The van der Waals surface area contributed by atoms with Gasteiger partial charge in [0.1, 0.15) is 0 Å². The van der Waals surface area contributed by atoms with Crippen molar-refractivity contribution in [2.45, 2.75) is 119 Å². The molecule has 4 fully saturated rings. The first-order valence-electron chi connectivity index (χ1n) is 13.8. The smallest absolute Gasteiger partial charge is 0.313 e. The van der Waals surface area contributed by atoms with Crippen LogP contribution in [0, 0.1) is 50.2 Å². The summed E-state index contributed by atoms with van der Waals surface area (Å²) in [4.78, 5) is 12.7. The molecule has 0 amide bonds. The quantitative estimate of drug-likeness (QED) is 0.409. The lowest BCUT2D eigenvalue weighted by Gasteiger charge is -2.72. The zero-order valence-electron chi connectivity index (χ0n) is 22.3. The lowest BCUT2D eigenvalue weighted by atomic mass is 9.32. The van der Waals surface area contributed by atoms with Crippen molar-refractivity contribution in [1.82, 2.24) is 0 Å². The summed E-state index contributed by atoms with van der Waals surface area (Å²) in [5.41, 5.74) is 1.40. The summed E-state index contributed by atoms with van der Waals surface area (Å²) in [6, 6.07) is 0. The van der Waals surface area contributed by atoms with Gasteiger partial charge in [0, 0.05) is 0 Å². The first kappa shape index (κ1) is 23.9. The number of hydrogen-bond acceptors (Lipinski definition) is 2. The number of allylic oxidation sites excluding steroid dienone is 1. The van der Waals surface area contributed by atoms with Crippen molar-refractivity contribution in [1.29, 1.82) is 0 Å². The second kappa shape index (κ2) is 6.89. The Morgan fingerprint density at radius 3 is 2.12 bits per heavy atom.